The van der Waals surface area contributed by atoms with Crippen LogP contribution >= 0.6 is 0 Å². The number of hydrogen-bond acceptors (Lipinski definition) is 4. The summed E-state index contributed by atoms with van der Waals surface area (Å²) in [6.07, 6.45) is 2.59. The van der Waals surface area contributed by atoms with Gasteiger partial charge < -0.3 is 10.1 Å². The molecule has 1 aromatic rings. The van der Waals surface area contributed by atoms with Crippen LogP contribution in [0.3, 0.4) is 0 Å². The SMILES string of the molecule is COCc1cccc(NC(=O)C2CCCN(S(C)(=O)=O)C2)c1. The highest BCUT2D eigenvalue weighted by atomic mass is 32.2. The topological polar surface area (TPSA) is 75.7 Å². The minimum absolute atomic E-state index is 0.136. The number of ether oxygens (including phenoxy) is 1. The van der Waals surface area contributed by atoms with Crippen molar-refractivity contribution in [3.8, 4) is 0 Å². The van der Waals surface area contributed by atoms with Crippen molar-refractivity contribution >= 4 is 21.6 Å². The standard InChI is InChI=1S/C15H22N2O4S/c1-21-11-12-5-3-7-14(9-12)16-15(18)13-6-4-8-17(10-13)22(2,19)20/h3,5,7,9,13H,4,6,8,10-11H2,1-2H3,(H,16,18). The highest BCUT2D eigenvalue weighted by Crippen LogP contribution is 2.21. The predicted octanol–water partition coefficient (Wildman–Crippen LogP) is 1.44. The summed E-state index contributed by atoms with van der Waals surface area (Å²) in [5, 5.41) is 2.87. The van der Waals surface area contributed by atoms with Gasteiger partial charge in [0.15, 0.2) is 0 Å². The van der Waals surface area contributed by atoms with Crippen LogP contribution in [0.1, 0.15) is 18.4 Å². The van der Waals surface area contributed by atoms with Gasteiger partial charge in [0, 0.05) is 25.9 Å². The lowest BCUT2D eigenvalue weighted by Crippen LogP contribution is -2.43. The molecule has 1 N–H and O–H groups in total. The van der Waals surface area contributed by atoms with Gasteiger partial charge in [-0.3, -0.25) is 4.79 Å². The number of rotatable bonds is 5. The molecule has 1 aliphatic heterocycles. The van der Waals surface area contributed by atoms with Crippen molar-refractivity contribution in [3.63, 3.8) is 0 Å². The monoisotopic (exact) mass is 326 g/mol. The van der Waals surface area contributed by atoms with Gasteiger partial charge in [0.25, 0.3) is 0 Å². The van der Waals surface area contributed by atoms with Gasteiger partial charge in [-0.05, 0) is 30.5 Å². The Kier molecular flexibility index (Phi) is 5.55. The highest BCUT2D eigenvalue weighted by molar-refractivity contribution is 7.88. The van der Waals surface area contributed by atoms with Gasteiger partial charge >= 0.3 is 0 Å². The van der Waals surface area contributed by atoms with E-state index in [0.717, 1.165) is 5.56 Å². The molecule has 1 aliphatic rings. The first kappa shape index (κ1) is 16.9. The molecular weight excluding hydrogens is 304 g/mol. The van der Waals surface area contributed by atoms with Gasteiger partial charge in [-0.1, -0.05) is 12.1 Å². The van der Waals surface area contributed by atoms with Crippen molar-refractivity contribution in [2.75, 3.05) is 31.8 Å². The van der Waals surface area contributed by atoms with E-state index < -0.39 is 10.0 Å². The van der Waals surface area contributed by atoms with Crippen LogP contribution in [0.5, 0.6) is 0 Å². The Morgan fingerprint density at radius 1 is 1.45 bits per heavy atom. The lowest BCUT2D eigenvalue weighted by Gasteiger charge is -2.30. The molecule has 1 unspecified atom stereocenters. The molecule has 1 heterocycles. The smallest absolute Gasteiger partial charge is 0.228 e. The van der Waals surface area contributed by atoms with Gasteiger partial charge in [0.05, 0.1) is 18.8 Å². The number of sulfonamides is 1. The normalized spacial score (nSPS) is 19.8. The van der Waals surface area contributed by atoms with Crippen LogP contribution in [0.15, 0.2) is 24.3 Å². The van der Waals surface area contributed by atoms with E-state index in [1.54, 1.807) is 7.11 Å². The zero-order valence-electron chi connectivity index (χ0n) is 12.9. The van der Waals surface area contributed by atoms with Crippen molar-refractivity contribution < 1.29 is 17.9 Å². The predicted molar refractivity (Wildman–Crippen MR) is 84.9 cm³/mol. The van der Waals surface area contributed by atoms with E-state index in [2.05, 4.69) is 5.32 Å². The second kappa shape index (κ2) is 7.21. The Hall–Kier alpha value is -1.44. The third-order valence-corrected chi connectivity index (χ3v) is 5.00. The molecule has 122 valence electrons. The van der Waals surface area contributed by atoms with Crippen molar-refractivity contribution in [2.45, 2.75) is 19.4 Å². The van der Waals surface area contributed by atoms with Crippen LogP contribution in [0.4, 0.5) is 5.69 Å². The number of nitrogens with zero attached hydrogens (tertiary/aromatic N) is 1. The van der Waals surface area contributed by atoms with Crippen LogP contribution in [-0.4, -0.2) is 45.1 Å². The van der Waals surface area contributed by atoms with E-state index in [0.29, 0.717) is 31.7 Å². The average molecular weight is 326 g/mol. The van der Waals surface area contributed by atoms with Crippen molar-refractivity contribution in [1.29, 1.82) is 0 Å². The summed E-state index contributed by atoms with van der Waals surface area (Å²) in [5.74, 6) is -0.447. The maximum Gasteiger partial charge on any atom is 0.228 e. The number of piperidine rings is 1. The molecule has 1 fully saturated rings. The zero-order chi connectivity index (χ0) is 16.2. The molecule has 1 saturated heterocycles. The molecule has 22 heavy (non-hydrogen) atoms. The average Bonchev–Trinajstić information content (AvgIpc) is 2.47. The number of anilines is 1. The molecule has 1 atom stereocenters. The molecule has 2 rings (SSSR count). The number of amides is 1. The minimum Gasteiger partial charge on any atom is -0.380 e. The number of benzene rings is 1. The van der Waals surface area contributed by atoms with Gasteiger partial charge in [-0.15, -0.1) is 0 Å². The fourth-order valence-corrected chi connectivity index (χ4v) is 3.52. The van der Waals surface area contributed by atoms with Crippen LogP contribution in [0.25, 0.3) is 0 Å². The zero-order valence-corrected chi connectivity index (χ0v) is 13.7. The molecule has 0 radical (unpaired) electrons. The maximum atomic E-state index is 12.3. The second-order valence-corrected chi connectivity index (χ2v) is 7.57. The molecule has 6 nitrogen and oxygen atoms in total. The first-order chi connectivity index (χ1) is 10.4. The van der Waals surface area contributed by atoms with Crippen LogP contribution in [0.2, 0.25) is 0 Å². The van der Waals surface area contributed by atoms with E-state index in [9.17, 15) is 13.2 Å². The molecule has 0 aromatic heterocycles. The third-order valence-electron chi connectivity index (χ3n) is 3.73. The first-order valence-corrected chi connectivity index (χ1v) is 9.09. The summed E-state index contributed by atoms with van der Waals surface area (Å²) >= 11 is 0. The van der Waals surface area contributed by atoms with Crippen molar-refractivity contribution in [1.82, 2.24) is 4.31 Å². The Balaban J connectivity index is 2.01. The fourth-order valence-electron chi connectivity index (χ4n) is 2.61. The molecular formula is C15H22N2O4S. The lowest BCUT2D eigenvalue weighted by atomic mass is 9.98. The number of hydrogen-bond donors (Lipinski definition) is 1. The van der Waals surface area contributed by atoms with Gasteiger partial charge in [-0.2, -0.15) is 0 Å². The molecule has 7 heteroatoms. The fraction of sp³-hybridized carbons (Fsp3) is 0.533. The molecule has 0 aliphatic carbocycles. The van der Waals surface area contributed by atoms with Crippen LogP contribution in [-0.2, 0) is 26.2 Å². The second-order valence-electron chi connectivity index (χ2n) is 5.58. The summed E-state index contributed by atoms with van der Waals surface area (Å²) in [4.78, 5) is 12.3. The molecule has 1 aromatic carbocycles. The molecule has 0 spiro atoms. The number of carbonyl (C=O) groups excluding carboxylic acids is 1. The Morgan fingerprint density at radius 3 is 2.91 bits per heavy atom. The summed E-state index contributed by atoms with van der Waals surface area (Å²) in [7, 11) is -1.62. The summed E-state index contributed by atoms with van der Waals surface area (Å²) in [6.45, 7) is 1.23. The Morgan fingerprint density at radius 2 is 2.23 bits per heavy atom. The Bertz CT molecular complexity index is 630. The molecule has 0 bridgehead atoms. The highest BCUT2D eigenvalue weighted by Gasteiger charge is 2.30. The number of nitrogens with one attached hydrogen (secondary N) is 1. The maximum absolute atomic E-state index is 12.3. The first-order valence-electron chi connectivity index (χ1n) is 7.24. The van der Waals surface area contributed by atoms with Gasteiger partial charge in [0.1, 0.15) is 0 Å². The van der Waals surface area contributed by atoms with E-state index in [-0.39, 0.29) is 18.4 Å². The Labute approximate surface area is 131 Å². The number of carbonyl (C=O) groups is 1. The quantitative estimate of drug-likeness (QED) is 0.888. The van der Waals surface area contributed by atoms with E-state index in [1.165, 1.54) is 10.6 Å². The van der Waals surface area contributed by atoms with E-state index in [1.807, 2.05) is 24.3 Å². The minimum atomic E-state index is -3.24. The van der Waals surface area contributed by atoms with Gasteiger partial charge in [0.2, 0.25) is 15.9 Å². The van der Waals surface area contributed by atoms with E-state index >= 15 is 0 Å². The van der Waals surface area contributed by atoms with Crippen molar-refractivity contribution in [3.05, 3.63) is 29.8 Å². The summed E-state index contributed by atoms with van der Waals surface area (Å²) in [6, 6.07) is 7.45. The number of methoxy groups -OCH3 is 1. The largest absolute Gasteiger partial charge is 0.380 e. The third kappa shape index (κ3) is 4.53. The summed E-state index contributed by atoms with van der Waals surface area (Å²) < 4.78 is 29.7. The molecule has 0 saturated carbocycles. The van der Waals surface area contributed by atoms with E-state index in [4.69, 9.17) is 4.74 Å². The van der Waals surface area contributed by atoms with Crippen LogP contribution < -0.4 is 5.32 Å². The van der Waals surface area contributed by atoms with Crippen molar-refractivity contribution in [2.24, 2.45) is 5.92 Å². The van der Waals surface area contributed by atoms with Gasteiger partial charge in [-0.25, -0.2) is 12.7 Å². The lowest BCUT2D eigenvalue weighted by molar-refractivity contribution is -0.120. The van der Waals surface area contributed by atoms with Crippen LogP contribution in [0, 0.1) is 5.92 Å². The molecule has 1 amide bonds. The summed E-state index contributed by atoms with van der Waals surface area (Å²) in [5.41, 5.74) is 1.68.